The molecule has 6 heteroatoms. The van der Waals surface area contributed by atoms with Gasteiger partial charge in [-0.25, -0.2) is 0 Å². The van der Waals surface area contributed by atoms with Gasteiger partial charge in [-0.2, -0.15) is 0 Å². The van der Waals surface area contributed by atoms with E-state index >= 15 is 0 Å². The van der Waals surface area contributed by atoms with Gasteiger partial charge in [-0.3, -0.25) is 0 Å². The van der Waals surface area contributed by atoms with Crippen LogP contribution in [0.5, 0.6) is 0 Å². The minimum absolute atomic E-state index is 0.0945. The summed E-state index contributed by atoms with van der Waals surface area (Å²) in [7, 11) is 0. The van der Waals surface area contributed by atoms with E-state index in [0.717, 1.165) is 26.1 Å². The monoisotopic (exact) mass is 268 g/mol. The maximum absolute atomic E-state index is 5.76. The third-order valence-electron chi connectivity index (χ3n) is 3.19. The van der Waals surface area contributed by atoms with Crippen molar-refractivity contribution >= 4 is 6.01 Å². The molecule has 1 fully saturated rings. The van der Waals surface area contributed by atoms with Gasteiger partial charge in [0, 0.05) is 13.1 Å². The van der Waals surface area contributed by atoms with Gasteiger partial charge in [-0.05, 0) is 33.7 Å². The molecule has 1 saturated heterocycles. The van der Waals surface area contributed by atoms with Crippen LogP contribution in [-0.4, -0.2) is 42.0 Å². The SMILES string of the molecule is CCCNC(C)c1nnc(N2CC(C)OC(C)C2)o1. The minimum atomic E-state index is 0.0945. The quantitative estimate of drug-likeness (QED) is 0.877. The highest BCUT2D eigenvalue weighted by Crippen LogP contribution is 2.21. The summed E-state index contributed by atoms with van der Waals surface area (Å²) in [5.41, 5.74) is 0. The van der Waals surface area contributed by atoms with Crippen molar-refractivity contribution in [1.82, 2.24) is 15.5 Å². The zero-order valence-electron chi connectivity index (χ0n) is 12.2. The number of morpholine rings is 1. The van der Waals surface area contributed by atoms with Crippen LogP contribution < -0.4 is 10.2 Å². The molecule has 0 radical (unpaired) electrons. The van der Waals surface area contributed by atoms with Crippen LogP contribution in [0.2, 0.25) is 0 Å². The summed E-state index contributed by atoms with van der Waals surface area (Å²) in [6.07, 6.45) is 1.47. The summed E-state index contributed by atoms with van der Waals surface area (Å²) in [6.45, 7) is 10.8. The molecule has 1 N–H and O–H groups in total. The summed E-state index contributed by atoms with van der Waals surface area (Å²) in [5, 5.41) is 11.6. The van der Waals surface area contributed by atoms with Gasteiger partial charge in [-0.15, -0.1) is 5.10 Å². The molecule has 1 aromatic rings. The number of nitrogens with zero attached hydrogens (tertiary/aromatic N) is 3. The summed E-state index contributed by atoms with van der Waals surface area (Å²) in [6, 6.07) is 0.694. The Morgan fingerprint density at radius 2 is 2.00 bits per heavy atom. The van der Waals surface area contributed by atoms with Crippen molar-refractivity contribution < 1.29 is 9.15 Å². The fraction of sp³-hybridized carbons (Fsp3) is 0.846. The van der Waals surface area contributed by atoms with E-state index in [1.807, 2.05) is 6.92 Å². The van der Waals surface area contributed by atoms with E-state index in [2.05, 4.69) is 41.2 Å². The molecule has 0 saturated carbocycles. The number of aromatic nitrogens is 2. The number of rotatable bonds is 5. The molecular weight excluding hydrogens is 244 g/mol. The molecule has 1 aliphatic heterocycles. The Morgan fingerprint density at radius 3 is 2.63 bits per heavy atom. The molecular formula is C13H24N4O2. The molecule has 1 aromatic heterocycles. The first-order chi connectivity index (χ1) is 9.10. The summed E-state index contributed by atoms with van der Waals surface area (Å²) in [5.74, 6) is 0.648. The first kappa shape index (κ1) is 14.3. The van der Waals surface area contributed by atoms with Crippen LogP contribution in [0.15, 0.2) is 4.42 Å². The van der Waals surface area contributed by atoms with Crippen LogP contribution in [-0.2, 0) is 4.74 Å². The highest BCUT2D eigenvalue weighted by Gasteiger charge is 2.26. The second kappa shape index (κ2) is 6.34. The average molecular weight is 268 g/mol. The molecule has 0 aromatic carbocycles. The van der Waals surface area contributed by atoms with Crippen molar-refractivity contribution in [1.29, 1.82) is 0 Å². The lowest BCUT2D eigenvalue weighted by Crippen LogP contribution is -2.45. The van der Waals surface area contributed by atoms with Crippen molar-refractivity contribution in [3.63, 3.8) is 0 Å². The summed E-state index contributed by atoms with van der Waals surface area (Å²) >= 11 is 0. The molecule has 19 heavy (non-hydrogen) atoms. The molecule has 1 aliphatic rings. The second-order valence-electron chi connectivity index (χ2n) is 5.26. The Kier molecular flexibility index (Phi) is 4.76. The van der Waals surface area contributed by atoms with Crippen molar-refractivity contribution in [3.8, 4) is 0 Å². The number of ether oxygens (including phenoxy) is 1. The fourth-order valence-electron chi connectivity index (χ4n) is 2.31. The number of hydrogen-bond donors (Lipinski definition) is 1. The van der Waals surface area contributed by atoms with Gasteiger partial charge in [0.15, 0.2) is 0 Å². The average Bonchev–Trinajstić information content (AvgIpc) is 2.84. The molecule has 6 nitrogen and oxygen atoms in total. The molecule has 3 unspecified atom stereocenters. The zero-order chi connectivity index (χ0) is 13.8. The predicted octanol–water partition coefficient (Wildman–Crippen LogP) is 1.74. The first-order valence-corrected chi connectivity index (χ1v) is 7.07. The van der Waals surface area contributed by atoms with Crippen LogP contribution in [0.3, 0.4) is 0 Å². The normalized spacial score (nSPS) is 25.6. The lowest BCUT2D eigenvalue weighted by molar-refractivity contribution is -0.00677. The molecule has 108 valence electrons. The van der Waals surface area contributed by atoms with Gasteiger partial charge in [0.25, 0.3) is 0 Å². The minimum Gasteiger partial charge on any atom is -0.406 e. The van der Waals surface area contributed by atoms with Crippen LogP contribution in [0.4, 0.5) is 6.01 Å². The Morgan fingerprint density at radius 1 is 1.32 bits per heavy atom. The molecule has 2 heterocycles. The lowest BCUT2D eigenvalue weighted by Gasteiger charge is -2.33. The summed E-state index contributed by atoms with van der Waals surface area (Å²) < 4.78 is 11.5. The van der Waals surface area contributed by atoms with Gasteiger partial charge < -0.3 is 19.4 Å². The molecule has 0 spiro atoms. The fourth-order valence-corrected chi connectivity index (χ4v) is 2.31. The Labute approximate surface area is 114 Å². The highest BCUT2D eigenvalue weighted by atomic mass is 16.5. The van der Waals surface area contributed by atoms with Crippen LogP contribution in [0, 0.1) is 0 Å². The van der Waals surface area contributed by atoms with E-state index in [1.54, 1.807) is 0 Å². The molecule has 2 rings (SSSR count). The van der Waals surface area contributed by atoms with Crippen molar-refractivity contribution in [2.75, 3.05) is 24.5 Å². The molecule has 0 amide bonds. The largest absolute Gasteiger partial charge is 0.406 e. The first-order valence-electron chi connectivity index (χ1n) is 7.07. The third-order valence-corrected chi connectivity index (χ3v) is 3.19. The van der Waals surface area contributed by atoms with E-state index in [-0.39, 0.29) is 18.2 Å². The standard InChI is InChI=1S/C13H24N4O2/c1-5-6-14-11(4)12-15-16-13(19-12)17-7-9(2)18-10(3)8-17/h9-11,14H,5-8H2,1-4H3. The van der Waals surface area contributed by atoms with Crippen molar-refractivity contribution in [3.05, 3.63) is 5.89 Å². The van der Waals surface area contributed by atoms with Gasteiger partial charge in [0.1, 0.15) is 0 Å². The number of nitrogens with one attached hydrogen (secondary N) is 1. The van der Waals surface area contributed by atoms with Crippen molar-refractivity contribution in [2.45, 2.75) is 52.4 Å². The smallest absolute Gasteiger partial charge is 0.318 e. The highest BCUT2D eigenvalue weighted by molar-refractivity contribution is 5.26. The number of hydrogen-bond acceptors (Lipinski definition) is 6. The topological polar surface area (TPSA) is 63.4 Å². The van der Waals surface area contributed by atoms with Crippen molar-refractivity contribution in [2.24, 2.45) is 0 Å². The van der Waals surface area contributed by atoms with Gasteiger partial charge in [0.05, 0.1) is 18.2 Å². The molecule has 3 atom stereocenters. The van der Waals surface area contributed by atoms with E-state index in [9.17, 15) is 0 Å². The van der Waals surface area contributed by atoms with Gasteiger partial charge in [0.2, 0.25) is 5.89 Å². The maximum atomic E-state index is 5.76. The van der Waals surface area contributed by atoms with Gasteiger partial charge >= 0.3 is 6.01 Å². The second-order valence-corrected chi connectivity index (χ2v) is 5.26. The van der Waals surface area contributed by atoms with E-state index in [0.29, 0.717) is 11.9 Å². The van der Waals surface area contributed by atoms with Crippen LogP contribution in [0.25, 0.3) is 0 Å². The molecule has 0 aliphatic carbocycles. The van der Waals surface area contributed by atoms with E-state index in [1.165, 1.54) is 0 Å². The van der Waals surface area contributed by atoms with Crippen LogP contribution >= 0.6 is 0 Å². The Hall–Kier alpha value is -1.14. The van der Waals surface area contributed by atoms with Gasteiger partial charge in [-0.1, -0.05) is 12.0 Å². The van der Waals surface area contributed by atoms with E-state index < -0.39 is 0 Å². The van der Waals surface area contributed by atoms with Crippen LogP contribution in [0.1, 0.15) is 46.0 Å². The van der Waals surface area contributed by atoms with E-state index in [4.69, 9.17) is 9.15 Å². The predicted molar refractivity (Wildman–Crippen MR) is 73.2 cm³/mol. The maximum Gasteiger partial charge on any atom is 0.318 e. The zero-order valence-corrected chi connectivity index (χ0v) is 12.2. The number of anilines is 1. The Balaban J connectivity index is 1.99. The summed E-state index contributed by atoms with van der Waals surface area (Å²) in [4.78, 5) is 2.10. The third kappa shape index (κ3) is 3.67. The molecule has 0 bridgehead atoms. The lowest BCUT2D eigenvalue weighted by atomic mass is 10.2. The Bertz CT molecular complexity index is 386.